The van der Waals surface area contributed by atoms with E-state index in [1.807, 2.05) is 4.90 Å². The van der Waals surface area contributed by atoms with Crippen LogP contribution in [0, 0.1) is 5.92 Å². The lowest BCUT2D eigenvalue weighted by molar-refractivity contribution is -0.139. The fourth-order valence-corrected chi connectivity index (χ4v) is 4.44. The average molecular weight is 382 g/mol. The molecule has 154 valence electrons. The van der Waals surface area contributed by atoms with Crippen molar-refractivity contribution in [2.75, 3.05) is 52.5 Å². The molecule has 1 atom stereocenters. The van der Waals surface area contributed by atoms with Gasteiger partial charge in [-0.25, -0.2) is 0 Å². The minimum absolute atomic E-state index is 0.0142. The van der Waals surface area contributed by atoms with Crippen molar-refractivity contribution in [3.8, 4) is 0 Å². The van der Waals surface area contributed by atoms with Crippen LogP contribution in [-0.2, 0) is 14.3 Å². The van der Waals surface area contributed by atoms with Gasteiger partial charge in [-0.2, -0.15) is 0 Å². The minimum atomic E-state index is -0.740. The van der Waals surface area contributed by atoms with Crippen LogP contribution in [0.5, 0.6) is 0 Å². The summed E-state index contributed by atoms with van der Waals surface area (Å²) in [4.78, 5) is 29.0. The van der Waals surface area contributed by atoms with Gasteiger partial charge in [-0.3, -0.25) is 14.5 Å². The maximum Gasteiger partial charge on any atom is 0.225 e. The predicted molar refractivity (Wildman–Crippen MR) is 102 cm³/mol. The summed E-state index contributed by atoms with van der Waals surface area (Å²) < 4.78 is 5.36. The molecule has 2 aliphatic heterocycles. The van der Waals surface area contributed by atoms with Crippen molar-refractivity contribution < 1.29 is 19.4 Å². The van der Waals surface area contributed by atoms with Gasteiger partial charge in [-0.1, -0.05) is 19.3 Å². The molecule has 1 aliphatic carbocycles. The highest BCUT2D eigenvalue weighted by Gasteiger charge is 2.33. The summed E-state index contributed by atoms with van der Waals surface area (Å²) in [7, 11) is 0. The maximum absolute atomic E-state index is 12.6. The van der Waals surface area contributed by atoms with Crippen LogP contribution >= 0.6 is 0 Å². The third kappa shape index (κ3) is 6.16. The monoisotopic (exact) mass is 381 g/mol. The zero-order valence-electron chi connectivity index (χ0n) is 16.5. The van der Waals surface area contributed by atoms with Crippen molar-refractivity contribution in [2.45, 2.75) is 57.0 Å². The summed E-state index contributed by atoms with van der Waals surface area (Å²) in [5.41, 5.74) is -0.740. The highest BCUT2D eigenvalue weighted by molar-refractivity contribution is 5.83. The second kappa shape index (κ2) is 9.85. The van der Waals surface area contributed by atoms with E-state index in [1.54, 1.807) is 0 Å². The molecule has 27 heavy (non-hydrogen) atoms. The molecule has 3 fully saturated rings. The third-order valence-corrected chi connectivity index (χ3v) is 6.25. The molecule has 2 saturated heterocycles. The number of nitrogens with zero attached hydrogens (tertiary/aromatic N) is 2. The van der Waals surface area contributed by atoms with Crippen molar-refractivity contribution in [3.05, 3.63) is 0 Å². The van der Waals surface area contributed by atoms with Crippen LogP contribution in [0.15, 0.2) is 0 Å². The second-order valence-electron chi connectivity index (χ2n) is 8.39. The first kappa shape index (κ1) is 20.6. The summed E-state index contributed by atoms with van der Waals surface area (Å²) in [6.07, 6.45) is 6.75. The highest BCUT2D eigenvalue weighted by Crippen LogP contribution is 2.27. The molecule has 3 aliphatic rings. The van der Waals surface area contributed by atoms with E-state index in [0.29, 0.717) is 32.5 Å². The van der Waals surface area contributed by atoms with Gasteiger partial charge in [0.2, 0.25) is 11.8 Å². The number of rotatable bonds is 7. The molecule has 1 saturated carbocycles. The van der Waals surface area contributed by atoms with Crippen LogP contribution in [0.3, 0.4) is 0 Å². The molecule has 3 rings (SSSR count). The fraction of sp³-hybridized carbons (Fsp3) is 0.900. The van der Waals surface area contributed by atoms with Gasteiger partial charge in [0.15, 0.2) is 0 Å². The Morgan fingerprint density at radius 1 is 1.19 bits per heavy atom. The van der Waals surface area contributed by atoms with Crippen molar-refractivity contribution in [1.29, 1.82) is 0 Å². The van der Waals surface area contributed by atoms with Crippen molar-refractivity contribution >= 4 is 11.8 Å². The Morgan fingerprint density at radius 3 is 2.67 bits per heavy atom. The maximum atomic E-state index is 12.6. The first-order valence-electron chi connectivity index (χ1n) is 10.6. The number of likely N-dealkylation sites (tertiary alicyclic amines) is 1. The number of hydrogen-bond donors (Lipinski definition) is 2. The van der Waals surface area contributed by atoms with Crippen molar-refractivity contribution in [3.63, 3.8) is 0 Å². The van der Waals surface area contributed by atoms with Crippen LogP contribution in [0.4, 0.5) is 0 Å². The highest BCUT2D eigenvalue weighted by atomic mass is 16.5. The summed E-state index contributed by atoms with van der Waals surface area (Å²) in [5, 5.41) is 13.5. The first-order chi connectivity index (χ1) is 13.1. The number of ether oxygens (including phenoxy) is 1. The molecular weight excluding hydrogens is 346 g/mol. The van der Waals surface area contributed by atoms with E-state index in [0.717, 1.165) is 65.0 Å². The van der Waals surface area contributed by atoms with E-state index < -0.39 is 5.60 Å². The molecule has 0 unspecified atom stereocenters. The van der Waals surface area contributed by atoms with Gasteiger partial charge < -0.3 is 20.1 Å². The molecule has 0 radical (unpaired) electrons. The number of carbonyl (C=O) groups excluding carboxylic acids is 2. The standard InChI is InChI=1S/C20H35N3O4/c24-18-6-5-17(19(25)21-16-20(26)7-2-1-3-8-20)15-23(18)10-4-9-22-11-13-27-14-12-22/h17,26H,1-16H2,(H,21,25)/t17-/m0/s1. The number of piperidine rings is 1. The number of nitrogens with one attached hydrogen (secondary N) is 1. The SMILES string of the molecule is O=C(NCC1(O)CCCCC1)[C@H]1CCC(=O)N(CCCN2CCOCC2)C1. The largest absolute Gasteiger partial charge is 0.388 e. The van der Waals surface area contributed by atoms with Gasteiger partial charge in [0.25, 0.3) is 0 Å². The zero-order chi connectivity index (χ0) is 19.1. The average Bonchev–Trinajstić information content (AvgIpc) is 2.69. The van der Waals surface area contributed by atoms with E-state index >= 15 is 0 Å². The number of aliphatic hydroxyl groups is 1. The number of hydrogen-bond acceptors (Lipinski definition) is 5. The van der Waals surface area contributed by atoms with Crippen LogP contribution in [0.25, 0.3) is 0 Å². The van der Waals surface area contributed by atoms with Gasteiger partial charge >= 0.3 is 0 Å². The van der Waals surface area contributed by atoms with E-state index in [4.69, 9.17) is 4.74 Å². The lowest BCUT2D eigenvalue weighted by Crippen LogP contribution is -2.50. The predicted octanol–water partition coefficient (Wildman–Crippen LogP) is 0.759. The van der Waals surface area contributed by atoms with Crippen molar-refractivity contribution in [1.82, 2.24) is 15.1 Å². The summed E-state index contributed by atoms with van der Waals surface area (Å²) in [6.45, 7) is 6.03. The molecular formula is C20H35N3O4. The summed E-state index contributed by atoms with van der Waals surface area (Å²) in [5.74, 6) is -0.00936. The van der Waals surface area contributed by atoms with E-state index in [9.17, 15) is 14.7 Å². The molecule has 0 aromatic heterocycles. The quantitative estimate of drug-likeness (QED) is 0.680. The molecule has 2 heterocycles. The second-order valence-corrected chi connectivity index (χ2v) is 8.39. The molecule has 7 heteroatoms. The Bertz CT molecular complexity index is 501. The zero-order valence-corrected chi connectivity index (χ0v) is 16.5. The van der Waals surface area contributed by atoms with E-state index in [-0.39, 0.29) is 17.7 Å². The third-order valence-electron chi connectivity index (χ3n) is 6.25. The van der Waals surface area contributed by atoms with Gasteiger partial charge in [0.1, 0.15) is 0 Å². The van der Waals surface area contributed by atoms with Crippen molar-refractivity contribution in [2.24, 2.45) is 5.92 Å². The normalized spacial score (nSPS) is 26.8. The van der Waals surface area contributed by atoms with Crippen LogP contribution in [0.2, 0.25) is 0 Å². The topological polar surface area (TPSA) is 82.1 Å². The molecule has 2 amide bonds. The number of carbonyl (C=O) groups is 2. The fourth-order valence-electron chi connectivity index (χ4n) is 4.44. The Kier molecular flexibility index (Phi) is 7.49. The summed E-state index contributed by atoms with van der Waals surface area (Å²) >= 11 is 0. The molecule has 7 nitrogen and oxygen atoms in total. The minimum Gasteiger partial charge on any atom is -0.388 e. The number of amides is 2. The first-order valence-corrected chi connectivity index (χ1v) is 10.6. The Labute approximate surface area is 162 Å². The smallest absolute Gasteiger partial charge is 0.225 e. The summed E-state index contributed by atoms with van der Waals surface area (Å²) in [6, 6.07) is 0. The lowest BCUT2D eigenvalue weighted by Gasteiger charge is -2.35. The van der Waals surface area contributed by atoms with Crippen LogP contribution < -0.4 is 5.32 Å². The number of morpholine rings is 1. The van der Waals surface area contributed by atoms with Gasteiger partial charge in [0.05, 0.1) is 24.7 Å². The van der Waals surface area contributed by atoms with Gasteiger partial charge in [-0.15, -0.1) is 0 Å². The molecule has 0 bridgehead atoms. The van der Waals surface area contributed by atoms with Gasteiger partial charge in [-0.05, 0) is 25.7 Å². The lowest BCUT2D eigenvalue weighted by atomic mass is 9.84. The Morgan fingerprint density at radius 2 is 1.93 bits per heavy atom. The molecule has 2 N–H and O–H groups in total. The van der Waals surface area contributed by atoms with E-state index in [2.05, 4.69) is 10.2 Å². The van der Waals surface area contributed by atoms with Crippen LogP contribution in [-0.4, -0.2) is 84.8 Å². The molecule has 0 aromatic carbocycles. The van der Waals surface area contributed by atoms with E-state index in [1.165, 1.54) is 6.42 Å². The molecule has 0 aromatic rings. The van der Waals surface area contributed by atoms with Gasteiger partial charge in [0, 0.05) is 45.7 Å². The Hall–Kier alpha value is -1.18. The molecule has 0 spiro atoms. The Balaban J connectivity index is 1.40. The van der Waals surface area contributed by atoms with Crippen LogP contribution in [0.1, 0.15) is 51.4 Å².